The number of benzene rings is 1. The van der Waals surface area contributed by atoms with Gasteiger partial charge in [0.25, 0.3) is 0 Å². The van der Waals surface area contributed by atoms with Crippen molar-refractivity contribution < 1.29 is 9.84 Å². The molecule has 0 spiro atoms. The van der Waals surface area contributed by atoms with Crippen molar-refractivity contribution >= 4 is 0 Å². The van der Waals surface area contributed by atoms with Crippen LogP contribution in [0.1, 0.15) is 31.4 Å². The highest BCUT2D eigenvalue weighted by Gasteiger charge is 2.04. The lowest BCUT2D eigenvalue weighted by Crippen LogP contribution is -2.20. The van der Waals surface area contributed by atoms with Crippen molar-refractivity contribution in [3.63, 3.8) is 0 Å². The van der Waals surface area contributed by atoms with Gasteiger partial charge in [0.05, 0.1) is 0 Å². The van der Waals surface area contributed by atoms with Gasteiger partial charge in [0.2, 0.25) is 0 Å². The Morgan fingerprint density at radius 1 is 1.33 bits per heavy atom. The second-order valence-electron chi connectivity index (χ2n) is 4.12. The average Bonchev–Trinajstić information content (AvgIpc) is 2.41. The Morgan fingerprint density at radius 2 is 2.06 bits per heavy atom. The molecule has 0 heterocycles. The molecule has 4 nitrogen and oxygen atoms in total. The van der Waals surface area contributed by atoms with Crippen LogP contribution in [0, 0.1) is 11.3 Å². The molecule has 2 N–H and O–H groups in total. The van der Waals surface area contributed by atoms with Crippen molar-refractivity contribution in [1.29, 1.82) is 5.26 Å². The van der Waals surface area contributed by atoms with E-state index in [9.17, 15) is 0 Å². The van der Waals surface area contributed by atoms with E-state index in [-0.39, 0.29) is 19.3 Å². The first-order chi connectivity index (χ1) is 8.77. The van der Waals surface area contributed by atoms with E-state index in [1.54, 1.807) is 0 Å². The molecule has 0 aliphatic heterocycles. The number of unbranched alkanes of at least 4 members (excludes halogenated alkanes) is 1. The molecule has 1 unspecified atom stereocenters. The van der Waals surface area contributed by atoms with E-state index in [1.165, 1.54) is 5.56 Å². The largest absolute Gasteiger partial charge is 0.479 e. The highest BCUT2D eigenvalue weighted by atomic mass is 16.5. The van der Waals surface area contributed by atoms with Gasteiger partial charge in [-0.05, 0) is 44.0 Å². The van der Waals surface area contributed by atoms with Crippen molar-refractivity contribution in [3.05, 3.63) is 29.8 Å². The lowest BCUT2D eigenvalue weighted by molar-refractivity contribution is 0.283. The molecule has 1 aromatic carbocycles. The van der Waals surface area contributed by atoms with Crippen LogP contribution in [0.15, 0.2) is 24.3 Å². The molecule has 1 atom stereocenters. The van der Waals surface area contributed by atoms with Gasteiger partial charge in [-0.1, -0.05) is 12.1 Å². The number of nitrogens with zero attached hydrogens (tertiary/aromatic N) is 1. The molecule has 0 saturated heterocycles. The molecule has 0 aliphatic rings. The zero-order valence-corrected chi connectivity index (χ0v) is 10.7. The van der Waals surface area contributed by atoms with Gasteiger partial charge >= 0.3 is 0 Å². The lowest BCUT2D eigenvalue weighted by Gasteiger charge is -2.14. The minimum Gasteiger partial charge on any atom is -0.479 e. The number of aliphatic hydroxyl groups is 1. The lowest BCUT2D eigenvalue weighted by atomic mass is 10.1. The minimum atomic E-state index is 0.0777. The predicted molar refractivity (Wildman–Crippen MR) is 70.3 cm³/mol. The van der Waals surface area contributed by atoms with Crippen LogP contribution in [0.3, 0.4) is 0 Å². The molecule has 1 aromatic rings. The monoisotopic (exact) mass is 248 g/mol. The fraction of sp³-hybridized carbons (Fsp3) is 0.500. The molecule has 0 saturated carbocycles. The van der Waals surface area contributed by atoms with Crippen LogP contribution in [0.2, 0.25) is 0 Å². The first-order valence-electron chi connectivity index (χ1n) is 6.22. The zero-order valence-electron chi connectivity index (χ0n) is 10.7. The molecule has 0 fully saturated rings. The van der Waals surface area contributed by atoms with Crippen LogP contribution in [0.5, 0.6) is 5.75 Å². The summed E-state index contributed by atoms with van der Waals surface area (Å²) in [7, 11) is 0. The van der Waals surface area contributed by atoms with Gasteiger partial charge in [0.15, 0.2) is 6.61 Å². The standard InChI is InChI=1S/C14H20N2O2/c1-12(16-9-2-3-10-17)13-4-6-14(7-5-13)18-11-8-15/h4-7,12,16-17H,2-3,9-11H2,1H3. The Hall–Kier alpha value is -1.57. The van der Waals surface area contributed by atoms with Crippen molar-refractivity contribution in [2.24, 2.45) is 0 Å². The SMILES string of the molecule is CC(NCCCCO)c1ccc(OCC#N)cc1. The molecule has 0 radical (unpaired) electrons. The van der Waals surface area contributed by atoms with Crippen molar-refractivity contribution in [3.8, 4) is 11.8 Å². The first-order valence-corrected chi connectivity index (χ1v) is 6.22. The van der Waals surface area contributed by atoms with Crippen molar-refractivity contribution in [2.45, 2.75) is 25.8 Å². The summed E-state index contributed by atoms with van der Waals surface area (Å²) in [4.78, 5) is 0. The van der Waals surface area contributed by atoms with E-state index in [4.69, 9.17) is 15.1 Å². The van der Waals surface area contributed by atoms with Gasteiger partial charge in [0.1, 0.15) is 11.8 Å². The summed E-state index contributed by atoms with van der Waals surface area (Å²) in [6, 6.07) is 9.95. The molecule has 0 aromatic heterocycles. The summed E-state index contributed by atoms with van der Waals surface area (Å²) in [5.41, 5.74) is 1.18. The summed E-state index contributed by atoms with van der Waals surface area (Å²) < 4.78 is 5.19. The number of nitrogens with one attached hydrogen (secondary N) is 1. The summed E-state index contributed by atoms with van der Waals surface area (Å²) in [5, 5.41) is 20.5. The summed E-state index contributed by atoms with van der Waals surface area (Å²) in [6.45, 7) is 3.33. The molecule has 1 rings (SSSR count). The van der Waals surface area contributed by atoms with Gasteiger partial charge in [-0.3, -0.25) is 0 Å². The topological polar surface area (TPSA) is 65.3 Å². The molecule has 4 heteroatoms. The molecule has 98 valence electrons. The van der Waals surface area contributed by atoms with E-state index in [0.29, 0.717) is 5.75 Å². The third kappa shape index (κ3) is 5.17. The molecular formula is C14H20N2O2. The van der Waals surface area contributed by atoms with E-state index >= 15 is 0 Å². The van der Waals surface area contributed by atoms with Crippen LogP contribution < -0.4 is 10.1 Å². The quantitative estimate of drug-likeness (QED) is 0.691. The maximum Gasteiger partial charge on any atom is 0.174 e. The number of aliphatic hydroxyl groups excluding tert-OH is 1. The number of nitriles is 1. The first kappa shape index (κ1) is 14.5. The molecule has 18 heavy (non-hydrogen) atoms. The van der Waals surface area contributed by atoms with Gasteiger partial charge < -0.3 is 15.2 Å². The third-order valence-corrected chi connectivity index (χ3v) is 2.72. The van der Waals surface area contributed by atoms with E-state index in [1.807, 2.05) is 30.3 Å². The van der Waals surface area contributed by atoms with Gasteiger partial charge in [0, 0.05) is 12.6 Å². The molecular weight excluding hydrogens is 228 g/mol. The Balaban J connectivity index is 2.39. The predicted octanol–water partition coefficient (Wildman–Crippen LogP) is 2.01. The van der Waals surface area contributed by atoms with Crippen LogP contribution in [-0.4, -0.2) is 24.9 Å². The zero-order chi connectivity index (χ0) is 13.2. The van der Waals surface area contributed by atoms with E-state index in [0.717, 1.165) is 19.4 Å². The highest BCUT2D eigenvalue weighted by Crippen LogP contribution is 2.17. The summed E-state index contributed by atoms with van der Waals surface area (Å²) in [6.07, 6.45) is 1.81. The van der Waals surface area contributed by atoms with Crippen molar-refractivity contribution in [1.82, 2.24) is 5.32 Å². The summed E-state index contributed by atoms with van der Waals surface area (Å²) in [5.74, 6) is 0.716. The Labute approximate surface area is 108 Å². The van der Waals surface area contributed by atoms with Crippen molar-refractivity contribution in [2.75, 3.05) is 19.8 Å². The maximum absolute atomic E-state index is 8.69. The van der Waals surface area contributed by atoms with Gasteiger partial charge in [-0.25, -0.2) is 0 Å². The Bertz CT molecular complexity index is 370. The third-order valence-electron chi connectivity index (χ3n) is 2.72. The number of rotatable bonds is 8. The van der Waals surface area contributed by atoms with Crippen LogP contribution in [0.25, 0.3) is 0 Å². The highest BCUT2D eigenvalue weighted by molar-refractivity contribution is 5.29. The minimum absolute atomic E-state index is 0.0777. The number of hydrogen-bond donors (Lipinski definition) is 2. The normalized spacial score (nSPS) is 11.8. The van der Waals surface area contributed by atoms with E-state index < -0.39 is 0 Å². The second-order valence-corrected chi connectivity index (χ2v) is 4.12. The van der Waals surface area contributed by atoms with E-state index in [2.05, 4.69) is 12.2 Å². The molecule has 0 aliphatic carbocycles. The Kier molecular flexibility index (Phi) is 6.85. The second kappa shape index (κ2) is 8.51. The van der Waals surface area contributed by atoms with Crippen LogP contribution in [0.4, 0.5) is 0 Å². The maximum atomic E-state index is 8.69. The van der Waals surface area contributed by atoms with Gasteiger partial charge in [-0.15, -0.1) is 0 Å². The molecule has 0 bridgehead atoms. The summed E-state index contributed by atoms with van der Waals surface area (Å²) >= 11 is 0. The van der Waals surface area contributed by atoms with Crippen LogP contribution in [-0.2, 0) is 0 Å². The fourth-order valence-corrected chi connectivity index (χ4v) is 1.64. The Morgan fingerprint density at radius 3 is 2.67 bits per heavy atom. The number of ether oxygens (including phenoxy) is 1. The molecule has 0 amide bonds. The smallest absolute Gasteiger partial charge is 0.174 e. The number of hydrogen-bond acceptors (Lipinski definition) is 4. The fourth-order valence-electron chi connectivity index (χ4n) is 1.64. The average molecular weight is 248 g/mol. The van der Waals surface area contributed by atoms with Crippen LogP contribution >= 0.6 is 0 Å². The van der Waals surface area contributed by atoms with Gasteiger partial charge in [-0.2, -0.15) is 5.26 Å².